The lowest BCUT2D eigenvalue weighted by Gasteiger charge is -2.31. The fraction of sp³-hybridized carbons (Fsp3) is 0.600. The van der Waals surface area contributed by atoms with Gasteiger partial charge in [0, 0.05) is 11.7 Å². The highest BCUT2D eigenvalue weighted by atomic mass is 15.2. The average molecular weight is 258 g/mol. The van der Waals surface area contributed by atoms with E-state index in [0.717, 1.165) is 16.9 Å². The second-order valence-electron chi connectivity index (χ2n) is 6.86. The maximum absolute atomic E-state index is 6.60. The molecule has 0 saturated heterocycles. The molecule has 3 rings (SSSR count). The summed E-state index contributed by atoms with van der Waals surface area (Å²) in [4.78, 5) is 8.96. The molecule has 0 aliphatic heterocycles. The normalized spacial score (nSPS) is 19.6. The van der Waals surface area contributed by atoms with Gasteiger partial charge in [-0.3, -0.25) is 4.98 Å². The number of fused-ring (bicyclic) bond motifs is 1. The summed E-state index contributed by atoms with van der Waals surface area (Å²) in [5.74, 6) is 1.55. The lowest BCUT2D eigenvalue weighted by Crippen LogP contribution is -2.41. The molecule has 102 valence electrons. The molecule has 0 amide bonds. The molecule has 0 spiro atoms. The highest BCUT2D eigenvalue weighted by Gasteiger charge is 2.44. The lowest BCUT2D eigenvalue weighted by molar-refractivity contribution is 0.323. The van der Waals surface area contributed by atoms with Crippen LogP contribution in [-0.2, 0) is 11.1 Å². The zero-order chi connectivity index (χ0) is 13.8. The zero-order valence-electron chi connectivity index (χ0n) is 12.1. The molecule has 2 N–H and O–H groups in total. The summed E-state index contributed by atoms with van der Waals surface area (Å²) >= 11 is 0. The standard InChI is InChI=1S/C15H22N4/c1-14(2,3)19-12-7-8-17-9-11(12)18-13(19)15(4,16)10-5-6-10/h7-10H,5-6,16H2,1-4H3. The molecular weight excluding hydrogens is 236 g/mol. The minimum atomic E-state index is -0.355. The van der Waals surface area contributed by atoms with Crippen molar-refractivity contribution >= 4 is 11.0 Å². The van der Waals surface area contributed by atoms with Crippen LogP contribution in [0.15, 0.2) is 18.5 Å². The maximum Gasteiger partial charge on any atom is 0.130 e. The molecule has 0 bridgehead atoms. The Hall–Kier alpha value is -1.42. The fourth-order valence-electron chi connectivity index (χ4n) is 2.84. The Balaban J connectivity index is 2.29. The monoisotopic (exact) mass is 258 g/mol. The van der Waals surface area contributed by atoms with E-state index in [1.807, 2.05) is 18.5 Å². The van der Waals surface area contributed by atoms with Crippen LogP contribution >= 0.6 is 0 Å². The Morgan fingerprint density at radius 3 is 2.53 bits per heavy atom. The molecule has 0 aromatic carbocycles. The van der Waals surface area contributed by atoms with Gasteiger partial charge in [-0.05, 0) is 52.5 Å². The summed E-state index contributed by atoms with van der Waals surface area (Å²) in [5.41, 5.74) is 8.26. The van der Waals surface area contributed by atoms with Crippen LogP contribution in [0.2, 0.25) is 0 Å². The van der Waals surface area contributed by atoms with Crippen LogP contribution in [0.1, 0.15) is 46.4 Å². The van der Waals surface area contributed by atoms with Crippen LogP contribution in [0.3, 0.4) is 0 Å². The molecular formula is C15H22N4. The first kappa shape index (κ1) is 12.6. The van der Waals surface area contributed by atoms with Gasteiger partial charge in [0.05, 0.1) is 17.3 Å². The zero-order valence-corrected chi connectivity index (χ0v) is 12.1. The van der Waals surface area contributed by atoms with E-state index in [9.17, 15) is 0 Å². The minimum Gasteiger partial charge on any atom is -0.321 e. The first-order valence-corrected chi connectivity index (χ1v) is 6.94. The summed E-state index contributed by atoms with van der Waals surface area (Å²) in [6, 6.07) is 2.03. The van der Waals surface area contributed by atoms with Crippen LogP contribution < -0.4 is 5.73 Å². The van der Waals surface area contributed by atoms with E-state index in [2.05, 4.69) is 37.2 Å². The predicted molar refractivity (Wildman–Crippen MR) is 76.8 cm³/mol. The third-order valence-corrected chi connectivity index (χ3v) is 4.03. The molecule has 2 aromatic heterocycles. The Kier molecular flexibility index (Phi) is 2.52. The van der Waals surface area contributed by atoms with Crippen molar-refractivity contribution in [3.8, 4) is 0 Å². The number of pyridine rings is 1. The van der Waals surface area contributed by atoms with Gasteiger partial charge >= 0.3 is 0 Å². The van der Waals surface area contributed by atoms with Gasteiger partial charge in [0.1, 0.15) is 11.3 Å². The molecule has 1 aliphatic carbocycles. The molecule has 19 heavy (non-hydrogen) atoms. The van der Waals surface area contributed by atoms with Gasteiger partial charge in [0.25, 0.3) is 0 Å². The average Bonchev–Trinajstić information content (AvgIpc) is 3.07. The summed E-state index contributed by atoms with van der Waals surface area (Å²) < 4.78 is 2.28. The van der Waals surface area contributed by atoms with Gasteiger partial charge in [0.15, 0.2) is 0 Å². The van der Waals surface area contributed by atoms with Crippen molar-refractivity contribution in [3.05, 3.63) is 24.3 Å². The second kappa shape index (κ2) is 3.79. The number of nitrogens with two attached hydrogens (primary N) is 1. The smallest absolute Gasteiger partial charge is 0.130 e. The predicted octanol–water partition coefficient (Wildman–Crippen LogP) is 2.77. The Labute approximate surface area is 114 Å². The quantitative estimate of drug-likeness (QED) is 0.901. The lowest BCUT2D eigenvalue weighted by atomic mass is 9.94. The molecule has 4 heteroatoms. The largest absolute Gasteiger partial charge is 0.321 e. The minimum absolute atomic E-state index is 0.0407. The Morgan fingerprint density at radius 2 is 1.95 bits per heavy atom. The summed E-state index contributed by atoms with van der Waals surface area (Å²) in [6.07, 6.45) is 6.06. The SMILES string of the molecule is CC(N)(c1nc2cnccc2n1C(C)(C)C)C1CC1. The number of imidazole rings is 1. The van der Waals surface area contributed by atoms with Crippen LogP contribution in [0.4, 0.5) is 0 Å². The van der Waals surface area contributed by atoms with Crippen LogP contribution in [-0.4, -0.2) is 14.5 Å². The number of nitrogens with zero attached hydrogens (tertiary/aromatic N) is 3. The van der Waals surface area contributed by atoms with E-state index >= 15 is 0 Å². The first-order valence-electron chi connectivity index (χ1n) is 6.94. The van der Waals surface area contributed by atoms with E-state index < -0.39 is 0 Å². The highest BCUT2D eigenvalue weighted by Crippen LogP contribution is 2.45. The third-order valence-electron chi connectivity index (χ3n) is 4.03. The first-order chi connectivity index (χ1) is 8.82. The molecule has 1 unspecified atom stereocenters. The molecule has 1 aliphatic rings. The summed E-state index contributed by atoms with van der Waals surface area (Å²) in [6.45, 7) is 8.70. The van der Waals surface area contributed by atoms with Crippen molar-refractivity contribution in [1.82, 2.24) is 14.5 Å². The fourth-order valence-corrected chi connectivity index (χ4v) is 2.84. The van der Waals surface area contributed by atoms with Crippen molar-refractivity contribution in [2.75, 3.05) is 0 Å². The van der Waals surface area contributed by atoms with Gasteiger partial charge < -0.3 is 10.3 Å². The summed E-state index contributed by atoms with van der Waals surface area (Å²) in [7, 11) is 0. The van der Waals surface area contributed by atoms with Crippen molar-refractivity contribution in [3.63, 3.8) is 0 Å². The topological polar surface area (TPSA) is 56.7 Å². The Bertz CT molecular complexity index is 615. The van der Waals surface area contributed by atoms with E-state index in [4.69, 9.17) is 10.7 Å². The molecule has 4 nitrogen and oxygen atoms in total. The number of rotatable bonds is 2. The molecule has 1 saturated carbocycles. The van der Waals surface area contributed by atoms with Crippen molar-refractivity contribution < 1.29 is 0 Å². The van der Waals surface area contributed by atoms with Crippen molar-refractivity contribution in [2.24, 2.45) is 11.7 Å². The van der Waals surface area contributed by atoms with Gasteiger partial charge in [0.2, 0.25) is 0 Å². The molecule has 2 aromatic rings. The van der Waals surface area contributed by atoms with E-state index in [1.165, 1.54) is 12.8 Å². The molecule has 1 atom stereocenters. The maximum atomic E-state index is 6.60. The third kappa shape index (κ3) is 1.94. The number of hydrogen-bond acceptors (Lipinski definition) is 3. The van der Waals surface area contributed by atoms with Gasteiger partial charge in [-0.25, -0.2) is 4.98 Å². The van der Waals surface area contributed by atoms with Crippen LogP contribution in [0, 0.1) is 5.92 Å². The number of hydrogen-bond donors (Lipinski definition) is 1. The summed E-state index contributed by atoms with van der Waals surface area (Å²) in [5, 5.41) is 0. The number of aromatic nitrogens is 3. The van der Waals surface area contributed by atoms with Gasteiger partial charge in [-0.15, -0.1) is 0 Å². The van der Waals surface area contributed by atoms with Crippen LogP contribution in [0.5, 0.6) is 0 Å². The molecule has 2 heterocycles. The van der Waals surface area contributed by atoms with E-state index in [-0.39, 0.29) is 11.1 Å². The molecule has 0 radical (unpaired) electrons. The molecule has 1 fully saturated rings. The van der Waals surface area contributed by atoms with E-state index in [1.54, 1.807) is 0 Å². The van der Waals surface area contributed by atoms with Crippen molar-refractivity contribution in [2.45, 2.75) is 51.6 Å². The highest BCUT2D eigenvalue weighted by molar-refractivity contribution is 5.75. The Morgan fingerprint density at radius 1 is 1.26 bits per heavy atom. The van der Waals surface area contributed by atoms with Gasteiger partial charge in [-0.1, -0.05) is 0 Å². The van der Waals surface area contributed by atoms with E-state index in [0.29, 0.717) is 5.92 Å². The van der Waals surface area contributed by atoms with Crippen LogP contribution in [0.25, 0.3) is 11.0 Å². The van der Waals surface area contributed by atoms with Gasteiger partial charge in [-0.2, -0.15) is 0 Å². The van der Waals surface area contributed by atoms with Crippen molar-refractivity contribution in [1.29, 1.82) is 0 Å². The second-order valence-corrected chi connectivity index (χ2v) is 6.86.